The molecule has 0 aliphatic heterocycles. The molecule has 0 bridgehead atoms. The van der Waals surface area contributed by atoms with Crippen molar-refractivity contribution in [3.63, 3.8) is 0 Å². The van der Waals surface area contributed by atoms with Crippen molar-refractivity contribution in [2.24, 2.45) is 5.72 Å². The molecule has 5 heteroatoms. The lowest BCUT2D eigenvalue weighted by atomic mass is 10.1. The molecule has 0 fully saturated rings. The monoisotopic (exact) mass is 200 g/mol. The SMILES string of the molecule is [2H]C(c1ccc(O)c(O)c1)[C@@H](C(=O)O)N([2H])[2H]. The smallest absolute Gasteiger partial charge is 0.320 e. The number of benzene rings is 1. The van der Waals surface area contributed by atoms with Gasteiger partial charge in [-0.05, 0) is 24.1 Å². The van der Waals surface area contributed by atoms with Crippen LogP contribution in [0.4, 0.5) is 0 Å². The molecular weight excluding hydrogens is 186 g/mol. The number of carboxylic acids is 1. The molecule has 0 amide bonds. The first-order valence-electron chi connectivity index (χ1n) is 5.25. The van der Waals surface area contributed by atoms with Gasteiger partial charge in [-0.25, -0.2) is 0 Å². The highest BCUT2D eigenvalue weighted by Crippen LogP contribution is 2.25. The molecule has 0 heterocycles. The average Bonchev–Trinajstić information content (AvgIpc) is 2.20. The standard InChI is InChI=1S/C9H11NO4/c10-6(9(13)14)3-5-1-2-7(11)8(12)4-5/h1-2,4,6,11-12H,3,10H2,(H,13,14)/t6-/m0/s1/i3D/hD2/t3?,6-. The maximum absolute atomic E-state index is 10.8. The van der Waals surface area contributed by atoms with E-state index < -0.39 is 24.2 Å². The van der Waals surface area contributed by atoms with Crippen LogP contribution in [0.2, 0.25) is 2.82 Å². The van der Waals surface area contributed by atoms with E-state index in [0.717, 1.165) is 12.1 Å². The lowest BCUT2D eigenvalue weighted by Gasteiger charge is -2.06. The topological polar surface area (TPSA) is 104 Å². The summed E-state index contributed by atoms with van der Waals surface area (Å²) in [6, 6.07) is 1.72. The molecule has 14 heavy (non-hydrogen) atoms. The number of carboxylic acid groups (broad SMARTS) is 1. The molecule has 2 atom stereocenters. The number of aliphatic carboxylic acids is 1. The molecule has 0 saturated carbocycles. The number of nitrogens with two attached hydrogens (primary N) is 1. The van der Waals surface area contributed by atoms with Gasteiger partial charge in [0, 0.05) is 1.37 Å². The van der Waals surface area contributed by atoms with Gasteiger partial charge in [0.2, 0.25) is 0 Å². The van der Waals surface area contributed by atoms with Crippen molar-refractivity contribution in [3.8, 4) is 11.5 Å². The van der Waals surface area contributed by atoms with E-state index in [0.29, 0.717) is 0 Å². The fourth-order valence-corrected chi connectivity index (χ4v) is 0.898. The van der Waals surface area contributed by atoms with Crippen LogP contribution in [0.25, 0.3) is 0 Å². The zero-order valence-electron chi connectivity index (χ0n) is 10.1. The van der Waals surface area contributed by atoms with Gasteiger partial charge in [0.1, 0.15) is 8.87 Å². The summed E-state index contributed by atoms with van der Waals surface area (Å²) in [4.78, 5) is 10.8. The van der Waals surface area contributed by atoms with Crippen LogP contribution in [-0.4, -0.2) is 27.3 Å². The summed E-state index contributed by atoms with van der Waals surface area (Å²) < 4.78 is 21.5. The largest absolute Gasteiger partial charge is 0.504 e. The minimum atomic E-state index is -1.68. The van der Waals surface area contributed by atoms with Crippen molar-refractivity contribution in [1.29, 1.82) is 0 Å². The van der Waals surface area contributed by atoms with Crippen LogP contribution in [0.1, 0.15) is 6.93 Å². The maximum atomic E-state index is 10.8. The molecule has 0 radical (unpaired) electrons. The van der Waals surface area contributed by atoms with Crippen LogP contribution < -0.4 is 5.72 Å². The Balaban J connectivity index is 3.05. The molecular formula is C9H11NO4. The summed E-state index contributed by atoms with van der Waals surface area (Å²) in [5.41, 5.74) is 0.0152. The molecule has 0 spiro atoms. The van der Waals surface area contributed by atoms with Crippen LogP contribution in [0.15, 0.2) is 18.2 Å². The van der Waals surface area contributed by atoms with E-state index in [4.69, 9.17) is 14.4 Å². The van der Waals surface area contributed by atoms with Crippen molar-refractivity contribution >= 4 is 5.97 Å². The fraction of sp³-hybridized carbons (Fsp3) is 0.222. The average molecular weight is 200 g/mol. The number of phenolic OH excluding ortho intramolecular Hbond substituents is 2. The van der Waals surface area contributed by atoms with Crippen molar-refractivity contribution in [3.05, 3.63) is 23.8 Å². The molecule has 0 aromatic heterocycles. The second-order valence-corrected chi connectivity index (χ2v) is 2.70. The predicted molar refractivity (Wildman–Crippen MR) is 49.1 cm³/mol. The van der Waals surface area contributed by atoms with Gasteiger partial charge < -0.3 is 21.0 Å². The van der Waals surface area contributed by atoms with Crippen LogP contribution in [0.3, 0.4) is 0 Å². The van der Waals surface area contributed by atoms with Crippen molar-refractivity contribution in [2.45, 2.75) is 12.4 Å². The summed E-state index contributed by atoms with van der Waals surface area (Å²) in [5, 5.41) is 27.1. The van der Waals surface area contributed by atoms with E-state index >= 15 is 0 Å². The quantitative estimate of drug-likeness (QED) is 0.514. The van der Waals surface area contributed by atoms with E-state index in [2.05, 4.69) is 0 Å². The van der Waals surface area contributed by atoms with E-state index in [9.17, 15) is 9.90 Å². The Morgan fingerprint density at radius 3 is 2.79 bits per heavy atom. The van der Waals surface area contributed by atoms with Crippen molar-refractivity contribution in [2.75, 3.05) is 0 Å². The minimum absolute atomic E-state index is 0.0795. The Bertz CT molecular complexity index is 427. The van der Waals surface area contributed by atoms with Gasteiger partial charge in [0.25, 0.3) is 0 Å². The maximum Gasteiger partial charge on any atom is 0.320 e. The molecule has 1 aromatic carbocycles. The van der Waals surface area contributed by atoms with E-state index in [1.807, 2.05) is 0 Å². The number of hydrogen-bond donors (Lipinski definition) is 4. The van der Waals surface area contributed by atoms with Gasteiger partial charge in [0.05, 0.1) is 0 Å². The number of hydrogen-bond acceptors (Lipinski definition) is 4. The number of rotatable bonds is 4. The molecule has 0 saturated heterocycles. The first-order valence-corrected chi connectivity index (χ1v) is 3.78. The molecule has 76 valence electrons. The Morgan fingerprint density at radius 1 is 1.57 bits per heavy atom. The molecule has 5 N–H and O–H groups in total. The molecule has 0 aliphatic rings. The van der Waals surface area contributed by atoms with Gasteiger partial charge in [-0.15, -0.1) is 0 Å². The lowest BCUT2D eigenvalue weighted by molar-refractivity contribution is -0.138. The molecule has 1 aromatic rings. The summed E-state index contributed by atoms with van der Waals surface area (Å²) in [5.74, 6) is -2.35. The first kappa shape index (κ1) is 6.67. The minimum Gasteiger partial charge on any atom is -0.504 e. The zero-order chi connectivity index (χ0) is 13.2. The second kappa shape index (κ2) is 3.97. The highest BCUT2D eigenvalue weighted by Gasteiger charge is 2.12. The van der Waals surface area contributed by atoms with Gasteiger partial charge >= 0.3 is 5.97 Å². The number of carbonyl (C=O) groups is 1. The van der Waals surface area contributed by atoms with E-state index in [1.54, 1.807) is 0 Å². The van der Waals surface area contributed by atoms with Crippen LogP contribution >= 0.6 is 0 Å². The Kier molecular flexibility index (Phi) is 1.89. The Morgan fingerprint density at radius 2 is 2.29 bits per heavy atom. The predicted octanol–water partition coefficient (Wildman–Crippen LogP) is 0.0522. The fourth-order valence-electron chi connectivity index (χ4n) is 0.898. The normalized spacial score (nSPS) is 17.9. The molecule has 0 aliphatic carbocycles. The summed E-state index contributed by atoms with van der Waals surface area (Å²) in [6.07, 6.45) is -1.42. The Hall–Kier alpha value is -1.75. The zero-order valence-corrected chi connectivity index (χ0v) is 7.08. The highest BCUT2D eigenvalue weighted by atomic mass is 16.4. The lowest BCUT2D eigenvalue weighted by Crippen LogP contribution is -2.32. The molecule has 5 nitrogen and oxygen atoms in total. The van der Waals surface area contributed by atoms with Gasteiger partial charge in [0.15, 0.2) is 11.5 Å². The third-order valence-electron chi connectivity index (χ3n) is 1.60. The second-order valence-electron chi connectivity index (χ2n) is 2.70. The van der Waals surface area contributed by atoms with Crippen LogP contribution in [0.5, 0.6) is 11.5 Å². The summed E-state index contributed by atoms with van der Waals surface area (Å²) in [7, 11) is 0. The Labute approximate surface area is 84.7 Å². The highest BCUT2D eigenvalue weighted by molar-refractivity contribution is 5.73. The van der Waals surface area contributed by atoms with Gasteiger partial charge in [-0.3, -0.25) is 4.79 Å². The van der Waals surface area contributed by atoms with Crippen LogP contribution in [0, 0.1) is 0 Å². The van der Waals surface area contributed by atoms with E-state index in [-0.39, 0.29) is 17.0 Å². The van der Waals surface area contributed by atoms with Crippen LogP contribution in [-0.2, 0) is 11.2 Å². The number of aromatic hydroxyl groups is 2. The third kappa shape index (κ3) is 2.37. The summed E-state index contributed by atoms with van der Waals surface area (Å²) >= 11 is 0. The van der Waals surface area contributed by atoms with Gasteiger partial charge in [-0.1, -0.05) is 6.07 Å². The first-order chi connectivity index (χ1) is 7.84. The van der Waals surface area contributed by atoms with Crippen molar-refractivity contribution < 1.29 is 24.3 Å². The molecule has 1 unspecified atom stereocenters. The van der Waals surface area contributed by atoms with Gasteiger partial charge in [-0.2, -0.15) is 0 Å². The third-order valence-corrected chi connectivity index (χ3v) is 1.60. The summed E-state index contributed by atoms with van der Waals surface area (Å²) in [6.45, 7) is 0. The van der Waals surface area contributed by atoms with Crippen molar-refractivity contribution in [1.82, 2.24) is 0 Å². The van der Waals surface area contributed by atoms with E-state index in [1.165, 1.54) is 6.07 Å². The molecule has 1 rings (SSSR count). The number of phenols is 2.